The monoisotopic (exact) mass is 204 g/mol. The van der Waals surface area contributed by atoms with E-state index < -0.39 is 9.84 Å². The number of aryl methyl sites for hydroxylation is 1. The molecule has 0 unspecified atom stereocenters. The van der Waals surface area contributed by atoms with Gasteiger partial charge in [-0.25, -0.2) is 13.4 Å². The van der Waals surface area contributed by atoms with E-state index in [2.05, 4.69) is 9.97 Å². The molecule has 0 aliphatic carbocycles. The summed E-state index contributed by atoms with van der Waals surface area (Å²) in [5.74, 6) is -0.273. The van der Waals surface area contributed by atoms with Crippen molar-refractivity contribution in [2.24, 2.45) is 0 Å². The molecule has 1 aromatic heterocycles. The molecule has 0 bridgehead atoms. The highest BCUT2D eigenvalue weighted by molar-refractivity contribution is 7.91. The molecule has 6 heteroatoms. The van der Waals surface area contributed by atoms with Crippen molar-refractivity contribution < 1.29 is 13.5 Å². The van der Waals surface area contributed by atoms with Gasteiger partial charge in [0, 0.05) is 0 Å². The number of hydrogen-bond acceptors (Lipinski definition) is 4. The molecule has 0 fully saturated rings. The number of imidazole rings is 1. The summed E-state index contributed by atoms with van der Waals surface area (Å²) >= 11 is 0. The minimum absolute atomic E-state index is 0.0593. The first-order chi connectivity index (χ1) is 6.11. The van der Waals surface area contributed by atoms with Crippen molar-refractivity contribution in [3.63, 3.8) is 0 Å². The van der Waals surface area contributed by atoms with Gasteiger partial charge < -0.3 is 10.1 Å². The molecule has 0 radical (unpaired) electrons. The molecule has 2 N–H and O–H groups in total. The van der Waals surface area contributed by atoms with Crippen molar-refractivity contribution in [1.82, 2.24) is 9.97 Å². The van der Waals surface area contributed by atoms with E-state index in [-0.39, 0.29) is 17.4 Å². The second-order valence-corrected chi connectivity index (χ2v) is 4.61. The summed E-state index contributed by atoms with van der Waals surface area (Å²) in [6.45, 7) is 1.46. The first-order valence-corrected chi connectivity index (χ1v) is 5.63. The SMILES string of the molecule is CCc1[nH]cnc1S(=O)(=O)CCO. The standard InChI is InChI=1S/C7H12N2O3S/c1-2-6-7(9-5-8-6)13(11,12)4-3-10/h5,10H,2-4H2,1H3,(H,8,9). The Kier molecular flexibility index (Phi) is 3.05. The zero-order valence-corrected chi connectivity index (χ0v) is 8.13. The molecule has 0 saturated carbocycles. The van der Waals surface area contributed by atoms with Gasteiger partial charge in [0.25, 0.3) is 0 Å². The lowest BCUT2D eigenvalue weighted by Crippen LogP contribution is -2.12. The summed E-state index contributed by atoms with van der Waals surface area (Å²) in [7, 11) is -3.40. The molecule has 0 atom stereocenters. The van der Waals surface area contributed by atoms with Gasteiger partial charge >= 0.3 is 0 Å². The number of aliphatic hydroxyl groups excluding tert-OH is 1. The molecular weight excluding hydrogens is 192 g/mol. The highest BCUT2D eigenvalue weighted by Gasteiger charge is 2.19. The third-order valence-electron chi connectivity index (χ3n) is 1.69. The number of aromatic amines is 1. The highest BCUT2D eigenvalue weighted by atomic mass is 32.2. The Morgan fingerprint density at radius 2 is 2.31 bits per heavy atom. The van der Waals surface area contributed by atoms with Crippen molar-refractivity contribution in [3.05, 3.63) is 12.0 Å². The normalized spacial score (nSPS) is 11.8. The van der Waals surface area contributed by atoms with Crippen molar-refractivity contribution in [1.29, 1.82) is 0 Å². The van der Waals surface area contributed by atoms with Gasteiger partial charge in [0.2, 0.25) is 0 Å². The van der Waals surface area contributed by atoms with Crippen LogP contribution >= 0.6 is 0 Å². The fourth-order valence-corrected chi connectivity index (χ4v) is 2.27. The number of hydrogen-bond donors (Lipinski definition) is 2. The zero-order valence-electron chi connectivity index (χ0n) is 7.32. The van der Waals surface area contributed by atoms with Gasteiger partial charge in [-0.3, -0.25) is 0 Å². The fraction of sp³-hybridized carbons (Fsp3) is 0.571. The number of nitrogens with one attached hydrogen (secondary N) is 1. The fourth-order valence-electron chi connectivity index (χ4n) is 1.05. The quantitative estimate of drug-likeness (QED) is 0.707. The molecule has 0 aliphatic heterocycles. The zero-order chi connectivity index (χ0) is 9.90. The maximum Gasteiger partial charge on any atom is 0.199 e. The van der Waals surface area contributed by atoms with Gasteiger partial charge in [0.05, 0.1) is 24.4 Å². The van der Waals surface area contributed by atoms with Crippen LogP contribution in [0.15, 0.2) is 11.4 Å². The minimum atomic E-state index is -3.40. The van der Waals surface area contributed by atoms with Crippen LogP contribution in [0.3, 0.4) is 0 Å². The van der Waals surface area contributed by atoms with Crippen molar-refractivity contribution in [2.75, 3.05) is 12.4 Å². The maximum absolute atomic E-state index is 11.4. The molecule has 13 heavy (non-hydrogen) atoms. The van der Waals surface area contributed by atoms with Crippen LogP contribution < -0.4 is 0 Å². The van der Waals surface area contributed by atoms with Crippen LogP contribution in [0.4, 0.5) is 0 Å². The van der Waals surface area contributed by atoms with E-state index in [1.807, 2.05) is 6.92 Å². The van der Waals surface area contributed by atoms with E-state index in [4.69, 9.17) is 5.11 Å². The number of H-pyrrole nitrogens is 1. The number of rotatable bonds is 4. The Morgan fingerprint density at radius 3 is 2.85 bits per heavy atom. The molecule has 0 saturated heterocycles. The molecule has 0 spiro atoms. The van der Waals surface area contributed by atoms with Crippen LogP contribution in [0, 0.1) is 0 Å². The van der Waals surface area contributed by atoms with Gasteiger partial charge in [-0.2, -0.15) is 0 Å². The third-order valence-corrected chi connectivity index (χ3v) is 3.35. The van der Waals surface area contributed by atoms with Gasteiger partial charge in [0.1, 0.15) is 0 Å². The number of sulfone groups is 1. The van der Waals surface area contributed by atoms with E-state index in [1.165, 1.54) is 6.33 Å². The maximum atomic E-state index is 11.4. The molecule has 0 aromatic carbocycles. The van der Waals surface area contributed by atoms with Crippen LogP contribution in [0.5, 0.6) is 0 Å². The minimum Gasteiger partial charge on any atom is -0.395 e. The summed E-state index contributed by atoms with van der Waals surface area (Å²) < 4.78 is 22.9. The first-order valence-electron chi connectivity index (χ1n) is 3.97. The molecule has 1 rings (SSSR count). The van der Waals surface area contributed by atoms with E-state index in [1.54, 1.807) is 0 Å². The van der Waals surface area contributed by atoms with E-state index in [9.17, 15) is 8.42 Å². The lowest BCUT2D eigenvalue weighted by atomic mass is 10.4. The predicted molar refractivity (Wildman–Crippen MR) is 47.1 cm³/mol. The Labute approximate surface area is 76.7 Å². The molecular formula is C7H12N2O3S. The second-order valence-electron chi connectivity index (χ2n) is 2.58. The van der Waals surface area contributed by atoms with Crippen LogP contribution in [0.1, 0.15) is 12.6 Å². The van der Waals surface area contributed by atoms with Crippen LogP contribution in [-0.4, -0.2) is 35.9 Å². The van der Waals surface area contributed by atoms with Gasteiger partial charge in [-0.1, -0.05) is 6.92 Å². The second kappa shape index (κ2) is 3.89. The van der Waals surface area contributed by atoms with E-state index >= 15 is 0 Å². The molecule has 0 amide bonds. The summed E-state index contributed by atoms with van der Waals surface area (Å²) in [6, 6.07) is 0. The van der Waals surface area contributed by atoms with E-state index in [0.717, 1.165) is 0 Å². The number of aromatic nitrogens is 2. The predicted octanol–water partition coefficient (Wildman–Crippen LogP) is -0.262. The molecule has 74 valence electrons. The lowest BCUT2D eigenvalue weighted by molar-refractivity contribution is 0.319. The summed E-state index contributed by atoms with van der Waals surface area (Å²) in [5, 5.41) is 8.61. The molecule has 5 nitrogen and oxygen atoms in total. The summed E-state index contributed by atoms with van der Waals surface area (Å²) in [4.78, 5) is 6.47. The van der Waals surface area contributed by atoms with Gasteiger partial charge in [0.15, 0.2) is 14.9 Å². The first kappa shape index (κ1) is 10.2. The smallest absolute Gasteiger partial charge is 0.199 e. The lowest BCUT2D eigenvalue weighted by Gasteiger charge is -2.00. The number of aliphatic hydroxyl groups is 1. The summed E-state index contributed by atoms with van der Waals surface area (Å²) in [6.07, 6.45) is 1.93. The van der Waals surface area contributed by atoms with Crippen LogP contribution in [0.2, 0.25) is 0 Å². The van der Waals surface area contributed by atoms with Gasteiger partial charge in [-0.05, 0) is 6.42 Å². The topological polar surface area (TPSA) is 83.0 Å². The largest absolute Gasteiger partial charge is 0.395 e. The number of nitrogens with zero attached hydrogens (tertiary/aromatic N) is 1. The average molecular weight is 204 g/mol. The van der Waals surface area contributed by atoms with Crippen LogP contribution in [-0.2, 0) is 16.3 Å². The molecule has 0 aliphatic rings. The van der Waals surface area contributed by atoms with E-state index in [0.29, 0.717) is 12.1 Å². The molecule has 1 aromatic rings. The van der Waals surface area contributed by atoms with Crippen LogP contribution in [0.25, 0.3) is 0 Å². The Balaban J connectivity index is 3.07. The third kappa shape index (κ3) is 2.07. The Hall–Kier alpha value is -0.880. The summed E-state index contributed by atoms with van der Waals surface area (Å²) in [5.41, 5.74) is 0.591. The Bertz CT molecular complexity index is 369. The molecule has 1 heterocycles. The Morgan fingerprint density at radius 1 is 1.62 bits per heavy atom. The van der Waals surface area contributed by atoms with Crippen molar-refractivity contribution >= 4 is 9.84 Å². The average Bonchev–Trinajstić information content (AvgIpc) is 2.51. The van der Waals surface area contributed by atoms with Crippen molar-refractivity contribution in [3.8, 4) is 0 Å². The van der Waals surface area contributed by atoms with Gasteiger partial charge in [-0.15, -0.1) is 0 Å². The highest BCUT2D eigenvalue weighted by Crippen LogP contribution is 2.12. The van der Waals surface area contributed by atoms with Crippen molar-refractivity contribution in [2.45, 2.75) is 18.4 Å².